The third-order valence-corrected chi connectivity index (χ3v) is 4.08. The second-order valence-corrected chi connectivity index (χ2v) is 6.93. The highest BCUT2D eigenvalue weighted by Crippen LogP contribution is 2.03. The average Bonchev–Trinajstić information content (AvgIpc) is 3.18. The summed E-state index contributed by atoms with van der Waals surface area (Å²) in [7, 11) is 0. The number of aliphatic carboxylic acids is 1. The maximum absolute atomic E-state index is 12.6. The van der Waals surface area contributed by atoms with E-state index in [0.29, 0.717) is 5.69 Å². The van der Waals surface area contributed by atoms with Crippen molar-refractivity contribution in [3.8, 4) is 0 Å². The lowest BCUT2D eigenvalue weighted by Gasteiger charge is -2.23. The predicted octanol–water partition coefficient (Wildman–Crippen LogP) is -4.41. The van der Waals surface area contributed by atoms with Crippen LogP contribution >= 0.6 is 0 Å². The van der Waals surface area contributed by atoms with Crippen molar-refractivity contribution in [1.82, 2.24) is 25.9 Å². The Morgan fingerprint density at radius 2 is 1.41 bits per heavy atom. The second-order valence-electron chi connectivity index (χ2n) is 6.93. The van der Waals surface area contributed by atoms with Crippen molar-refractivity contribution in [2.24, 2.45) is 17.2 Å². The molecule has 0 aliphatic carbocycles. The van der Waals surface area contributed by atoms with E-state index in [9.17, 15) is 33.9 Å². The van der Waals surface area contributed by atoms with E-state index in [2.05, 4.69) is 25.9 Å². The zero-order valence-electron chi connectivity index (χ0n) is 17.2. The molecule has 0 aliphatic rings. The van der Waals surface area contributed by atoms with Gasteiger partial charge in [-0.15, -0.1) is 0 Å². The van der Waals surface area contributed by atoms with Crippen LogP contribution in [-0.4, -0.2) is 74.7 Å². The minimum Gasteiger partial charge on any atom is -0.480 e. The van der Waals surface area contributed by atoms with Gasteiger partial charge in [0.15, 0.2) is 0 Å². The molecule has 0 radical (unpaired) electrons. The summed E-state index contributed by atoms with van der Waals surface area (Å²) in [4.78, 5) is 77.6. The van der Waals surface area contributed by atoms with Crippen LogP contribution in [0.5, 0.6) is 0 Å². The number of nitrogens with zero attached hydrogens (tertiary/aromatic N) is 1. The van der Waals surface area contributed by atoms with Crippen molar-refractivity contribution >= 4 is 35.5 Å². The molecule has 0 spiro atoms. The third-order valence-electron chi connectivity index (χ3n) is 4.08. The molecule has 1 rings (SSSR count). The van der Waals surface area contributed by atoms with Gasteiger partial charge in [-0.2, -0.15) is 0 Å². The summed E-state index contributed by atoms with van der Waals surface area (Å²) >= 11 is 0. The summed E-state index contributed by atoms with van der Waals surface area (Å²) in [6.45, 7) is 1.34. The van der Waals surface area contributed by atoms with Gasteiger partial charge in [-0.3, -0.25) is 24.0 Å². The Hall–Kier alpha value is -4.01. The summed E-state index contributed by atoms with van der Waals surface area (Å²) < 4.78 is 0. The van der Waals surface area contributed by atoms with Crippen LogP contribution in [0, 0.1) is 0 Å². The van der Waals surface area contributed by atoms with Crippen LogP contribution < -0.4 is 33.2 Å². The first kappa shape index (κ1) is 26.0. The van der Waals surface area contributed by atoms with Crippen LogP contribution in [-0.2, 0) is 35.2 Å². The van der Waals surface area contributed by atoms with Crippen molar-refractivity contribution in [1.29, 1.82) is 0 Å². The number of primary amides is 2. The maximum Gasteiger partial charge on any atom is 0.326 e. The molecule has 5 amide bonds. The Bertz CT molecular complexity index is 855. The number of amides is 5. The number of hydrogen-bond acceptors (Lipinski definition) is 8. The number of nitrogens with one attached hydrogen (secondary N) is 4. The molecule has 0 fully saturated rings. The Labute approximate surface area is 181 Å². The van der Waals surface area contributed by atoms with Gasteiger partial charge in [0, 0.05) is 18.3 Å². The molecule has 0 saturated carbocycles. The summed E-state index contributed by atoms with van der Waals surface area (Å²) in [5, 5.41) is 15.9. The zero-order valence-corrected chi connectivity index (χ0v) is 17.2. The monoisotopic (exact) mass is 454 g/mol. The first-order chi connectivity index (χ1) is 14.9. The minimum atomic E-state index is -1.59. The average molecular weight is 454 g/mol. The smallest absolute Gasteiger partial charge is 0.326 e. The van der Waals surface area contributed by atoms with E-state index in [-0.39, 0.29) is 6.42 Å². The van der Waals surface area contributed by atoms with E-state index in [1.807, 2.05) is 0 Å². The van der Waals surface area contributed by atoms with Gasteiger partial charge in [0.25, 0.3) is 0 Å². The van der Waals surface area contributed by atoms with Crippen molar-refractivity contribution in [3.05, 3.63) is 18.2 Å². The number of hydrogen-bond donors (Lipinski definition) is 8. The molecule has 4 atom stereocenters. The Kier molecular flexibility index (Phi) is 9.75. The highest BCUT2D eigenvalue weighted by molar-refractivity contribution is 5.97. The number of imidazole rings is 1. The molecule has 176 valence electrons. The number of carbonyl (C=O) groups is 6. The summed E-state index contributed by atoms with van der Waals surface area (Å²) in [5.41, 5.74) is 16.0. The molecule has 15 heteroatoms. The number of carbonyl (C=O) groups excluding carboxylic acids is 5. The standard InChI is InChI=1S/C17H26N8O7/c1-7(18)14(28)23-9(3-12(19)26)15(29)24-10(4-13(20)27)16(30)25-11(17(31)32)2-8-5-21-6-22-8/h5-7,9-11H,2-4,18H2,1H3,(H2,19,26)(H2,20,27)(H,21,22)(H,23,28)(H,24,29)(H,25,30)(H,31,32). The van der Waals surface area contributed by atoms with Gasteiger partial charge in [-0.05, 0) is 6.92 Å². The number of carboxylic acid groups (broad SMARTS) is 1. The van der Waals surface area contributed by atoms with Gasteiger partial charge in [0.05, 0.1) is 25.2 Å². The largest absolute Gasteiger partial charge is 0.480 e. The molecular weight excluding hydrogens is 428 g/mol. The third kappa shape index (κ3) is 8.78. The quantitative estimate of drug-likeness (QED) is 0.143. The molecule has 0 bridgehead atoms. The van der Waals surface area contributed by atoms with E-state index in [0.717, 1.165) is 0 Å². The molecule has 11 N–H and O–H groups in total. The van der Waals surface area contributed by atoms with E-state index in [1.165, 1.54) is 19.4 Å². The molecular formula is C17H26N8O7. The Morgan fingerprint density at radius 3 is 1.78 bits per heavy atom. The minimum absolute atomic E-state index is 0.160. The summed E-state index contributed by atoms with van der Waals surface area (Å²) in [6, 6.07) is -5.52. The molecule has 0 aromatic carbocycles. The van der Waals surface area contributed by atoms with Gasteiger partial charge in [0.2, 0.25) is 29.5 Å². The highest BCUT2D eigenvalue weighted by Gasteiger charge is 2.31. The fourth-order valence-corrected chi connectivity index (χ4v) is 2.49. The van der Waals surface area contributed by atoms with Gasteiger partial charge < -0.3 is 43.2 Å². The molecule has 0 saturated heterocycles. The van der Waals surface area contributed by atoms with Crippen LogP contribution in [0.25, 0.3) is 0 Å². The number of aromatic nitrogens is 2. The van der Waals surface area contributed by atoms with E-state index in [1.54, 1.807) is 0 Å². The van der Waals surface area contributed by atoms with E-state index < -0.39 is 72.5 Å². The van der Waals surface area contributed by atoms with Crippen molar-refractivity contribution in [2.45, 2.75) is 50.4 Å². The number of aromatic amines is 1. The number of rotatable bonds is 13. The van der Waals surface area contributed by atoms with Crippen molar-refractivity contribution < 1.29 is 33.9 Å². The summed E-state index contributed by atoms with van der Waals surface area (Å²) in [6.07, 6.45) is 1.22. The lowest BCUT2D eigenvalue weighted by Crippen LogP contribution is -2.58. The van der Waals surface area contributed by atoms with Crippen molar-refractivity contribution in [3.63, 3.8) is 0 Å². The Balaban J connectivity index is 2.98. The van der Waals surface area contributed by atoms with Gasteiger partial charge in [-0.25, -0.2) is 9.78 Å². The molecule has 1 aromatic rings. The first-order valence-corrected chi connectivity index (χ1v) is 9.34. The zero-order chi connectivity index (χ0) is 24.4. The molecule has 32 heavy (non-hydrogen) atoms. The van der Waals surface area contributed by atoms with Gasteiger partial charge in [-0.1, -0.05) is 0 Å². The van der Waals surface area contributed by atoms with E-state index >= 15 is 0 Å². The predicted molar refractivity (Wildman–Crippen MR) is 107 cm³/mol. The fraction of sp³-hybridized carbons (Fsp3) is 0.471. The molecule has 15 nitrogen and oxygen atoms in total. The van der Waals surface area contributed by atoms with Crippen LogP contribution in [0.15, 0.2) is 12.5 Å². The van der Waals surface area contributed by atoms with Crippen LogP contribution in [0.4, 0.5) is 0 Å². The lowest BCUT2D eigenvalue weighted by atomic mass is 10.1. The highest BCUT2D eigenvalue weighted by atomic mass is 16.4. The molecule has 1 aromatic heterocycles. The second kappa shape index (κ2) is 12.0. The topological polar surface area (TPSA) is 265 Å². The van der Waals surface area contributed by atoms with E-state index in [4.69, 9.17) is 17.2 Å². The fourth-order valence-electron chi connectivity index (χ4n) is 2.49. The summed E-state index contributed by atoms with van der Waals surface area (Å²) in [5.74, 6) is -6.12. The molecule has 1 heterocycles. The SMILES string of the molecule is CC(N)C(=O)NC(CC(N)=O)C(=O)NC(CC(N)=O)C(=O)NC(Cc1cnc[nH]1)C(=O)O. The molecule has 0 aliphatic heterocycles. The maximum atomic E-state index is 12.6. The molecule has 4 unspecified atom stereocenters. The van der Waals surface area contributed by atoms with Crippen molar-refractivity contribution in [2.75, 3.05) is 0 Å². The number of H-pyrrole nitrogens is 1. The number of carboxylic acids is 1. The van der Waals surface area contributed by atoms with Gasteiger partial charge in [0.1, 0.15) is 18.1 Å². The van der Waals surface area contributed by atoms with Crippen LogP contribution in [0.1, 0.15) is 25.5 Å². The van der Waals surface area contributed by atoms with Crippen LogP contribution in [0.3, 0.4) is 0 Å². The normalized spacial score (nSPS) is 14.3. The first-order valence-electron chi connectivity index (χ1n) is 9.34. The Morgan fingerprint density at radius 1 is 0.938 bits per heavy atom. The van der Waals surface area contributed by atoms with Crippen LogP contribution in [0.2, 0.25) is 0 Å². The number of nitrogens with two attached hydrogens (primary N) is 3. The lowest BCUT2D eigenvalue weighted by molar-refractivity contribution is -0.142. The van der Waals surface area contributed by atoms with Gasteiger partial charge >= 0.3 is 5.97 Å².